The summed E-state index contributed by atoms with van der Waals surface area (Å²) in [7, 11) is 0. The number of fused-ring (bicyclic) bond motifs is 1. The Morgan fingerprint density at radius 1 is 1.45 bits per heavy atom. The topological polar surface area (TPSA) is 46.3 Å². The number of nitrogen functional groups attached to an aromatic ring is 1. The van der Waals surface area contributed by atoms with Gasteiger partial charge in [-0.25, -0.2) is 0 Å². The van der Waals surface area contributed by atoms with Crippen LogP contribution >= 0.6 is 22.9 Å². The second-order valence-corrected chi connectivity index (χ2v) is 6.39. The fraction of sp³-hybridized carbons (Fsp3) is 0.267. The molecule has 0 aliphatic carbocycles. The molecule has 104 valence electrons. The van der Waals surface area contributed by atoms with E-state index >= 15 is 0 Å². The van der Waals surface area contributed by atoms with Crippen molar-refractivity contribution >= 4 is 34.5 Å². The molecule has 2 N–H and O–H groups in total. The minimum atomic E-state index is -0.0469. The first-order chi connectivity index (χ1) is 9.58. The normalized spacial score (nSPS) is 17.9. The van der Waals surface area contributed by atoms with Crippen LogP contribution in [0.25, 0.3) is 0 Å². The van der Waals surface area contributed by atoms with E-state index < -0.39 is 0 Å². The van der Waals surface area contributed by atoms with Gasteiger partial charge in [-0.2, -0.15) is 0 Å². The number of nitrogens with zero attached hydrogens (tertiary/aromatic N) is 1. The smallest absolute Gasteiger partial charge is 0.256 e. The minimum Gasteiger partial charge on any atom is -0.398 e. The van der Waals surface area contributed by atoms with Crippen LogP contribution in [0.3, 0.4) is 0 Å². The number of benzene rings is 1. The van der Waals surface area contributed by atoms with Crippen LogP contribution in [0.2, 0.25) is 5.02 Å². The van der Waals surface area contributed by atoms with E-state index in [1.165, 1.54) is 10.4 Å². The lowest BCUT2D eigenvalue weighted by molar-refractivity contribution is 0.0680. The van der Waals surface area contributed by atoms with Crippen LogP contribution < -0.4 is 5.73 Å². The summed E-state index contributed by atoms with van der Waals surface area (Å²) in [6.45, 7) is 2.78. The van der Waals surface area contributed by atoms with Gasteiger partial charge in [0.1, 0.15) is 0 Å². The number of hydrogen-bond donors (Lipinski definition) is 1. The molecule has 1 amide bonds. The molecule has 2 heterocycles. The average Bonchev–Trinajstić information content (AvgIpc) is 2.90. The van der Waals surface area contributed by atoms with Crippen molar-refractivity contribution in [2.45, 2.75) is 19.4 Å². The lowest BCUT2D eigenvalue weighted by atomic mass is 10.00. The molecule has 5 heteroatoms. The number of carbonyl (C=O) groups excluding carboxylic acids is 1. The second kappa shape index (κ2) is 5.11. The fourth-order valence-corrected chi connectivity index (χ4v) is 3.79. The van der Waals surface area contributed by atoms with Gasteiger partial charge in [0.2, 0.25) is 0 Å². The standard InChI is InChI=1S/C15H15ClN2OS/c1-9-11-5-7-20-14(11)4-6-18(9)15(19)12-8-10(16)2-3-13(12)17/h2-3,5,7-9H,4,6,17H2,1H3. The maximum absolute atomic E-state index is 12.7. The van der Waals surface area contributed by atoms with Crippen LogP contribution in [0.4, 0.5) is 5.69 Å². The number of amides is 1. The third-order valence-electron chi connectivity index (χ3n) is 3.78. The van der Waals surface area contributed by atoms with Gasteiger partial charge in [0.15, 0.2) is 0 Å². The molecule has 3 nitrogen and oxygen atoms in total. The zero-order chi connectivity index (χ0) is 14.3. The zero-order valence-corrected chi connectivity index (χ0v) is 12.7. The molecule has 0 saturated heterocycles. The summed E-state index contributed by atoms with van der Waals surface area (Å²) in [6.07, 6.45) is 0.906. The van der Waals surface area contributed by atoms with Crippen molar-refractivity contribution in [1.82, 2.24) is 4.90 Å². The molecule has 1 aliphatic rings. The monoisotopic (exact) mass is 306 g/mol. The van der Waals surface area contributed by atoms with Gasteiger partial charge < -0.3 is 10.6 Å². The number of carbonyl (C=O) groups is 1. The molecule has 1 atom stereocenters. The molecule has 3 rings (SSSR count). The lowest BCUT2D eigenvalue weighted by Crippen LogP contribution is -2.38. The van der Waals surface area contributed by atoms with Crippen molar-refractivity contribution in [3.05, 3.63) is 50.7 Å². The lowest BCUT2D eigenvalue weighted by Gasteiger charge is -2.34. The Hall–Kier alpha value is -1.52. The molecule has 0 spiro atoms. The van der Waals surface area contributed by atoms with Gasteiger partial charge in [-0.3, -0.25) is 4.79 Å². The summed E-state index contributed by atoms with van der Waals surface area (Å²) in [5, 5.41) is 2.62. The van der Waals surface area contributed by atoms with E-state index in [1.54, 1.807) is 29.5 Å². The van der Waals surface area contributed by atoms with E-state index in [9.17, 15) is 4.79 Å². The van der Waals surface area contributed by atoms with E-state index in [0.29, 0.717) is 16.3 Å². The number of hydrogen-bond acceptors (Lipinski definition) is 3. The van der Waals surface area contributed by atoms with Crippen LogP contribution in [-0.4, -0.2) is 17.4 Å². The molecule has 1 unspecified atom stereocenters. The molecule has 2 aromatic rings. The Kier molecular flexibility index (Phi) is 3.44. The minimum absolute atomic E-state index is 0.0469. The SMILES string of the molecule is CC1c2ccsc2CCN1C(=O)c1cc(Cl)ccc1N. The van der Waals surface area contributed by atoms with Gasteiger partial charge in [-0.1, -0.05) is 11.6 Å². The third kappa shape index (κ3) is 2.19. The van der Waals surface area contributed by atoms with Crippen molar-refractivity contribution in [2.75, 3.05) is 12.3 Å². The molecule has 0 bridgehead atoms. The molecule has 0 saturated carbocycles. The van der Waals surface area contributed by atoms with E-state index in [2.05, 4.69) is 18.4 Å². The fourth-order valence-electron chi connectivity index (χ4n) is 2.66. The first-order valence-electron chi connectivity index (χ1n) is 6.50. The van der Waals surface area contributed by atoms with Gasteiger partial charge in [0.25, 0.3) is 5.91 Å². The number of thiophene rings is 1. The van der Waals surface area contributed by atoms with Crippen LogP contribution in [-0.2, 0) is 6.42 Å². The Bertz CT molecular complexity index is 668. The van der Waals surface area contributed by atoms with Crippen molar-refractivity contribution in [3.8, 4) is 0 Å². The number of rotatable bonds is 1. The molecule has 0 fully saturated rings. The average molecular weight is 307 g/mol. The number of anilines is 1. The molecular formula is C15H15ClN2OS. The number of nitrogens with two attached hydrogens (primary N) is 1. The summed E-state index contributed by atoms with van der Waals surface area (Å²) in [6, 6.07) is 7.21. The third-order valence-corrected chi connectivity index (χ3v) is 5.02. The van der Waals surface area contributed by atoms with Crippen LogP contribution in [0.1, 0.15) is 33.8 Å². The van der Waals surface area contributed by atoms with Crippen LogP contribution in [0, 0.1) is 0 Å². The maximum atomic E-state index is 12.7. The maximum Gasteiger partial charge on any atom is 0.256 e. The molecule has 1 aromatic heterocycles. The van der Waals surface area contributed by atoms with Gasteiger partial charge >= 0.3 is 0 Å². The van der Waals surface area contributed by atoms with Crippen molar-refractivity contribution in [3.63, 3.8) is 0 Å². The van der Waals surface area contributed by atoms with Crippen LogP contribution in [0.5, 0.6) is 0 Å². The zero-order valence-electron chi connectivity index (χ0n) is 11.1. The Morgan fingerprint density at radius 3 is 3.05 bits per heavy atom. The van der Waals surface area contributed by atoms with Gasteiger partial charge in [0, 0.05) is 22.1 Å². The van der Waals surface area contributed by atoms with E-state index in [-0.39, 0.29) is 11.9 Å². The summed E-state index contributed by atoms with van der Waals surface area (Å²) >= 11 is 7.74. The summed E-state index contributed by atoms with van der Waals surface area (Å²) in [5.74, 6) is -0.0469. The highest BCUT2D eigenvalue weighted by Gasteiger charge is 2.29. The molecule has 0 radical (unpaired) electrons. The first-order valence-corrected chi connectivity index (χ1v) is 7.76. The van der Waals surface area contributed by atoms with Crippen LogP contribution in [0.15, 0.2) is 29.6 Å². The quantitative estimate of drug-likeness (QED) is 0.816. The van der Waals surface area contributed by atoms with Crippen molar-refractivity contribution in [2.24, 2.45) is 0 Å². The Balaban J connectivity index is 1.94. The van der Waals surface area contributed by atoms with E-state index in [0.717, 1.165) is 13.0 Å². The first kappa shape index (κ1) is 13.5. The predicted molar refractivity (Wildman–Crippen MR) is 83.3 cm³/mol. The summed E-state index contributed by atoms with van der Waals surface area (Å²) < 4.78 is 0. The van der Waals surface area contributed by atoms with Gasteiger partial charge in [-0.05, 0) is 48.6 Å². The molecule has 1 aliphatic heterocycles. The van der Waals surface area contributed by atoms with E-state index in [4.69, 9.17) is 17.3 Å². The highest BCUT2D eigenvalue weighted by molar-refractivity contribution is 7.10. The Labute approximate surface area is 127 Å². The highest BCUT2D eigenvalue weighted by Crippen LogP contribution is 2.34. The highest BCUT2D eigenvalue weighted by atomic mass is 35.5. The van der Waals surface area contributed by atoms with Gasteiger partial charge in [-0.15, -0.1) is 11.3 Å². The molecular weight excluding hydrogens is 292 g/mol. The molecule has 20 heavy (non-hydrogen) atoms. The van der Waals surface area contributed by atoms with Gasteiger partial charge in [0.05, 0.1) is 11.6 Å². The second-order valence-electron chi connectivity index (χ2n) is 4.96. The summed E-state index contributed by atoms with van der Waals surface area (Å²) in [4.78, 5) is 16.0. The van der Waals surface area contributed by atoms with Crippen molar-refractivity contribution in [1.29, 1.82) is 0 Å². The Morgan fingerprint density at radius 2 is 2.25 bits per heavy atom. The summed E-state index contributed by atoms with van der Waals surface area (Å²) in [5.41, 5.74) is 8.12. The number of halogens is 1. The molecule has 1 aromatic carbocycles. The predicted octanol–water partition coefficient (Wildman–Crippen LogP) is 3.74. The largest absolute Gasteiger partial charge is 0.398 e. The van der Waals surface area contributed by atoms with E-state index in [1.807, 2.05) is 4.90 Å². The van der Waals surface area contributed by atoms with Crippen molar-refractivity contribution < 1.29 is 4.79 Å².